The van der Waals surface area contributed by atoms with Gasteiger partial charge in [0.05, 0.1) is 16.8 Å². The Morgan fingerprint density at radius 2 is 1.93 bits per heavy atom. The quantitative estimate of drug-likeness (QED) is 0.468. The van der Waals surface area contributed by atoms with E-state index in [-0.39, 0.29) is 17.3 Å². The first-order chi connectivity index (χ1) is 13.4. The Balaban J connectivity index is 1.71. The zero-order chi connectivity index (χ0) is 19.7. The van der Waals surface area contributed by atoms with Crippen molar-refractivity contribution in [1.29, 1.82) is 0 Å². The number of hydrogen-bond donors (Lipinski definition) is 2. The molecule has 1 aliphatic rings. The summed E-state index contributed by atoms with van der Waals surface area (Å²) in [6, 6.07) is 11.3. The van der Waals surface area contributed by atoms with Crippen LogP contribution in [-0.4, -0.2) is 29.4 Å². The predicted molar refractivity (Wildman–Crippen MR) is 105 cm³/mol. The van der Waals surface area contributed by atoms with E-state index >= 15 is 0 Å². The van der Waals surface area contributed by atoms with Crippen molar-refractivity contribution in [3.63, 3.8) is 0 Å². The van der Waals surface area contributed by atoms with E-state index in [0.717, 1.165) is 23.4 Å². The van der Waals surface area contributed by atoms with Crippen molar-refractivity contribution < 1.29 is 18.3 Å². The lowest BCUT2D eigenvalue weighted by Gasteiger charge is -2.28. The molecule has 4 nitrogen and oxygen atoms in total. The van der Waals surface area contributed by atoms with Crippen molar-refractivity contribution in [3.05, 3.63) is 65.7 Å². The monoisotopic (exact) mass is 385 g/mol. The third-order valence-corrected chi connectivity index (χ3v) is 4.75. The van der Waals surface area contributed by atoms with Gasteiger partial charge in [-0.3, -0.25) is 4.99 Å². The Labute approximate surface area is 159 Å². The van der Waals surface area contributed by atoms with E-state index < -0.39 is 11.7 Å². The molecule has 0 aliphatic carbocycles. The molecule has 7 heteroatoms. The standard InChI is InChI=1S/C21H18F3N3O/c22-21(23,24)17-12-14(8-9-19(17)27-10-4-1-5-11-27)25-13-16-15-6-2-3-7-18(15)26-20(16)28/h1-4,6-9,12-13,26,28H,5,10-11H2. The highest BCUT2D eigenvalue weighted by Crippen LogP contribution is 2.39. The fraction of sp³-hybridized carbons (Fsp3) is 0.190. The number of aliphatic imine (C=N–C) groups is 1. The molecule has 2 N–H and O–H groups in total. The van der Waals surface area contributed by atoms with E-state index in [0.29, 0.717) is 18.7 Å². The molecule has 144 valence electrons. The van der Waals surface area contributed by atoms with Crippen LogP contribution in [0.1, 0.15) is 17.5 Å². The van der Waals surface area contributed by atoms with E-state index in [2.05, 4.69) is 9.98 Å². The highest BCUT2D eigenvalue weighted by molar-refractivity contribution is 6.02. The van der Waals surface area contributed by atoms with Crippen LogP contribution in [0.25, 0.3) is 10.9 Å². The summed E-state index contributed by atoms with van der Waals surface area (Å²) >= 11 is 0. The smallest absolute Gasteiger partial charge is 0.418 e. The topological polar surface area (TPSA) is 51.6 Å². The van der Waals surface area contributed by atoms with Crippen LogP contribution in [0, 0.1) is 0 Å². The van der Waals surface area contributed by atoms with Crippen LogP contribution in [0.4, 0.5) is 24.5 Å². The molecule has 2 heterocycles. The Morgan fingerprint density at radius 3 is 2.68 bits per heavy atom. The first-order valence-corrected chi connectivity index (χ1v) is 8.88. The number of H-pyrrole nitrogens is 1. The van der Waals surface area contributed by atoms with Gasteiger partial charge in [0.2, 0.25) is 0 Å². The van der Waals surface area contributed by atoms with Gasteiger partial charge in [-0.05, 0) is 30.7 Å². The van der Waals surface area contributed by atoms with Crippen LogP contribution in [0.3, 0.4) is 0 Å². The molecule has 0 unspecified atom stereocenters. The average Bonchev–Trinajstić information content (AvgIpc) is 3.01. The summed E-state index contributed by atoms with van der Waals surface area (Å²) in [5.41, 5.74) is 0.792. The average molecular weight is 385 g/mol. The van der Waals surface area contributed by atoms with Crippen LogP contribution in [-0.2, 0) is 6.18 Å². The number of nitrogens with zero attached hydrogens (tertiary/aromatic N) is 2. The minimum Gasteiger partial charge on any atom is -0.494 e. The normalized spacial score (nSPS) is 15.0. The fourth-order valence-electron chi connectivity index (χ4n) is 3.39. The van der Waals surface area contributed by atoms with Gasteiger partial charge in [0.1, 0.15) is 0 Å². The number of halogens is 3. The van der Waals surface area contributed by atoms with E-state index in [1.165, 1.54) is 12.3 Å². The van der Waals surface area contributed by atoms with E-state index in [4.69, 9.17) is 0 Å². The van der Waals surface area contributed by atoms with E-state index in [1.54, 1.807) is 23.1 Å². The number of aromatic nitrogens is 1. The summed E-state index contributed by atoms with van der Waals surface area (Å²) in [7, 11) is 0. The predicted octanol–water partition coefficient (Wildman–Crippen LogP) is 5.41. The number of nitrogens with one attached hydrogen (secondary N) is 1. The number of aromatic hydroxyl groups is 1. The first kappa shape index (κ1) is 18.2. The largest absolute Gasteiger partial charge is 0.494 e. The maximum atomic E-state index is 13.6. The van der Waals surface area contributed by atoms with Crippen molar-refractivity contribution >= 4 is 28.5 Å². The SMILES string of the molecule is Oc1[nH]c2ccccc2c1C=Nc1ccc(N2CC=CCC2)c(C(F)(F)F)c1. The lowest BCUT2D eigenvalue weighted by molar-refractivity contribution is -0.137. The van der Waals surface area contributed by atoms with Gasteiger partial charge in [0.25, 0.3) is 0 Å². The Morgan fingerprint density at radius 1 is 1.11 bits per heavy atom. The molecule has 0 saturated carbocycles. The van der Waals surface area contributed by atoms with Crippen molar-refractivity contribution in [2.75, 3.05) is 18.0 Å². The second-order valence-corrected chi connectivity index (χ2v) is 6.60. The molecule has 0 radical (unpaired) electrons. The second kappa shape index (κ2) is 7.07. The number of aromatic amines is 1. The highest BCUT2D eigenvalue weighted by Gasteiger charge is 2.35. The van der Waals surface area contributed by atoms with Crippen LogP contribution in [0.15, 0.2) is 59.6 Å². The van der Waals surface area contributed by atoms with Gasteiger partial charge in [-0.15, -0.1) is 0 Å². The van der Waals surface area contributed by atoms with E-state index in [1.807, 2.05) is 24.3 Å². The lowest BCUT2D eigenvalue weighted by atomic mass is 10.1. The fourth-order valence-corrected chi connectivity index (χ4v) is 3.39. The molecule has 0 bridgehead atoms. The minimum absolute atomic E-state index is 0.0716. The number of hydrogen-bond acceptors (Lipinski definition) is 3. The van der Waals surface area contributed by atoms with Crippen LogP contribution in [0.5, 0.6) is 5.88 Å². The Kier molecular flexibility index (Phi) is 4.58. The maximum Gasteiger partial charge on any atom is 0.418 e. The van der Waals surface area contributed by atoms with Gasteiger partial charge >= 0.3 is 6.18 Å². The third kappa shape index (κ3) is 3.47. The molecular formula is C21H18F3N3O. The number of fused-ring (bicyclic) bond motifs is 1. The number of alkyl halides is 3. The highest BCUT2D eigenvalue weighted by atomic mass is 19.4. The van der Waals surface area contributed by atoms with E-state index in [9.17, 15) is 18.3 Å². The zero-order valence-corrected chi connectivity index (χ0v) is 14.9. The second-order valence-electron chi connectivity index (χ2n) is 6.60. The molecule has 1 aromatic heterocycles. The molecule has 4 rings (SSSR count). The van der Waals surface area contributed by atoms with Gasteiger partial charge in [-0.2, -0.15) is 13.2 Å². The van der Waals surface area contributed by atoms with Gasteiger partial charge in [-0.25, -0.2) is 0 Å². The Hall–Kier alpha value is -3.22. The molecule has 0 spiro atoms. The Bertz CT molecular complexity index is 1070. The maximum absolute atomic E-state index is 13.6. The van der Waals surface area contributed by atoms with Crippen molar-refractivity contribution in [3.8, 4) is 5.88 Å². The molecule has 1 aliphatic heterocycles. The van der Waals surface area contributed by atoms with Crippen molar-refractivity contribution in [1.82, 2.24) is 4.98 Å². The summed E-state index contributed by atoms with van der Waals surface area (Å²) < 4.78 is 40.9. The summed E-state index contributed by atoms with van der Waals surface area (Å²) in [6.45, 7) is 1.00. The van der Waals surface area contributed by atoms with Gasteiger partial charge in [0, 0.05) is 35.9 Å². The van der Waals surface area contributed by atoms with Crippen LogP contribution < -0.4 is 4.90 Å². The van der Waals surface area contributed by atoms with Crippen molar-refractivity contribution in [2.45, 2.75) is 12.6 Å². The van der Waals surface area contributed by atoms with Crippen LogP contribution in [0.2, 0.25) is 0 Å². The number of anilines is 1. The number of rotatable bonds is 3. The number of para-hydroxylation sites is 1. The molecule has 0 saturated heterocycles. The van der Waals surface area contributed by atoms with Gasteiger partial charge in [0.15, 0.2) is 5.88 Å². The van der Waals surface area contributed by atoms with Crippen LogP contribution >= 0.6 is 0 Å². The molecule has 0 fully saturated rings. The summed E-state index contributed by atoms with van der Waals surface area (Å²) in [6.07, 6.45) is 1.46. The summed E-state index contributed by atoms with van der Waals surface area (Å²) in [5.74, 6) is -0.0716. The zero-order valence-electron chi connectivity index (χ0n) is 14.9. The molecular weight excluding hydrogens is 367 g/mol. The summed E-state index contributed by atoms with van der Waals surface area (Å²) in [5, 5.41) is 10.8. The summed E-state index contributed by atoms with van der Waals surface area (Å²) in [4.78, 5) is 8.71. The minimum atomic E-state index is -4.48. The number of benzene rings is 2. The molecule has 0 atom stereocenters. The molecule has 0 amide bonds. The van der Waals surface area contributed by atoms with Gasteiger partial charge in [-0.1, -0.05) is 30.4 Å². The third-order valence-electron chi connectivity index (χ3n) is 4.75. The lowest BCUT2D eigenvalue weighted by Crippen LogP contribution is -2.29. The van der Waals surface area contributed by atoms with Gasteiger partial charge < -0.3 is 15.0 Å². The molecule has 3 aromatic rings. The van der Waals surface area contributed by atoms with Crippen molar-refractivity contribution in [2.24, 2.45) is 4.99 Å². The molecule has 2 aromatic carbocycles. The molecule has 28 heavy (non-hydrogen) atoms. The first-order valence-electron chi connectivity index (χ1n) is 8.88.